The molecule has 0 heterocycles. The van der Waals surface area contributed by atoms with Crippen molar-refractivity contribution in [3.63, 3.8) is 0 Å². The van der Waals surface area contributed by atoms with E-state index in [0.717, 1.165) is 25.2 Å². The third-order valence-electron chi connectivity index (χ3n) is 6.50. The maximum atomic E-state index is 12.3. The van der Waals surface area contributed by atoms with Crippen LogP contribution in [-0.4, -0.2) is 49.4 Å². The van der Waals surface area contributed by atoms with Crippen molar-refractivity contribution in [2.45, 2.75) is 118 Å². The van der Waals surface area contributed by atoms with Gasteiger partial charge in [0.15, 0.2) is 0 Å². The first-order valence-corrected chi connectivity index (χ1v) is 14.4. The number of esters is 3. The molecular weight excluding hydrogens is 484 g/mol. The Hall–Kier alpha value is -2.15. The van der Waals surface area contributed by atoms with Gasteiger partial charge in [0.05, 0.1) is 12.0 Å². The maximum Gasteiger partial charge on any atom is 0.333 e. The molecule has 0 radical (unpaired) electrons. The molecule has 0 unspecified atom stereocenters. The van der Waals surface area contributed by atoms with Crippen LogP contribution in [0.15, 0.2) is 24.3 Å². The molecule has 0 amide bonds. The zero-order chi connectivity index (χ0) is 28.8. The Bertz CT molecular complexity index is 681. The summed E-state index contributed by atoms with van der Waals surface area (Å²) in [6, 6.07) is 0. The van der Waals surface area contributed by atoms with Gasteiger partial charge in [-0.25, -0.2) is 9.59 Å². The van der Waals surface area contributed by atoms with Gasteiger partial charge in [0.25, 0.3) is 0 Å². The Morgan fingerprint density at radius 1 is 0.658 bits per heavy atom. The van der Waals surface area contributed by atoms with E-state index in [1.807, 2.05) is 0 Å². The van der Waals surface area contributed by atoms with Gasteiger partial charge in [-0.15, -0.1) is 0 Å². The fourth-order valence-electron chi connectivity index (χ4n) is 3.84. The smallest absolute Gasteiger partial charge is 0.333 e. The van der Waals surface area contributed by atoms with Gasteiger partial charge in [0.2, 0.25) is 0 Å². The SMILES string of the molecule is C=C(C)C(=O)OCC(CO)(COC(=O)CCCCCCCCCCCCCCC(C)C)COC(=O)C(=C)C. The zero-order valence-corrected chi connectivity index (χ0v) is 24.6. The number of carbonyl (C=O) groups is 3. The minimum Gasteiger partial charge on any atom is -0.465 e. The van der Waals surface area contributed by atoms with Crippen LogP contribution in [0.2, 0.25) is 0 Å². The van der Waals surface area contributed by atoms with E-state index in [1.165, 1.54) is 78.1 Å². The molecule has 0 bridgehead atoms. The van der Waals surface area contributed by atoms with Crippen LogP contribution in [0.5, 0.6) is 0 Å². The fourth-order valence-corrected chi connectivity index (χ4v) is 3.84. The minimum atomic E-state index is -1.26. The Kier molecular flexibility index (Phi) is 20.5. The molecule has 0 aromatic carbocycles. The van der Waals surface area contributed by atoms with Crippen LogP contribution in [0.1, 0.15) is 118 Å². The van der Waals surface area contributed by atoms with Gasteiger partial charge >= 0.3 is 17.9 Å². The molecule has 7 heteroatoms. The molecular formula is C31H54O7. The lowest BCUT2D eigenvalue weighted by atomic mass is 9.92. The molecule has 38 heavy (non-hydrogen) atoms. The summed E-state index contributed by atoms with van der Waals surface area (Å²) in [6.45, 7) is 13.3. The fraction of sp³-hybridized carbons (Fsp3) is 0.774. The summed E-state index contributed by atoms with van der Waals surface area (Å²) in [4.78, 5) is 35.9. The second kappa shape index (κ2) is 21.7. The number of hydrogen-bond donors (Lipinski definition) is 1. The molecule has 0 aromatic rings. The first-order chi connectivity index (χ1) is 18.0. The summed E-state index contributed by atoms with van der Waals surface area (Å²) in [5.41, 5.74) is -0.875. The molecule has 0 atom stereocenters. The molecule has 0 aliphatic rings. The number of aliphatic hydroxyl groups is 1. The predicted octanol–water partition coefficient (Wildman–Crippen LogP) is 6.86. The Balaban J connectivity index is 4.16. The van der Waals surface area contributed by atoms with Crippen molar-refractivity contribution in [1.29, 1.82) is 0 Å². The first kappa shape index (κ1) is 35.9. The number of ether oxygens (including phenoxy) is 3. The molecule has 0 saturated heterocycles. The number of aliphatic hydroxyl groups excluding tert-OH is 1. The van der Waals surface area contributed by atoms with Crippen LogP contribution in [-0.2, 0) is 28.6 Å². The van der Waals surface area contributed by atoms with Crippen molar-refractivity contribution >= 4 is 17.9 Å². The van der Waals surface area contributed by atoms with Crippen molar-refractivity contribution in [2.75, 3.05) is 26.4 Å². The van der Waals surface area contributed by atoms with Crippen molar-refractivity contribution in [3.8, 4) is 0 Å². The van der Waals surface area contributed by atoms with Crippen molar-refractivity contribution in [3.05, 3.63) is 24.3 Å². The predicted molar refractivity (Wildman–Crippen MR) is 151 cm³/mol. The second-order valence-electron chi connectivity index (χ2n) is 11.2. The van der Waals surface area contributed by atoms with E-state index in [0.29, 0.717) is 0 Å². The summed E-state index contributed by atoms with van der Waals surface area (Å²) < 4.78 is 15.7. The summed E-state index contributed by atoms with van der Waals surface area (Å²) in [6.07, 6.45) is 16.2. The van der Waals surface area contributed by atoms with Gasteiger partial charge in [-0.3, -0.25) is 4.79 Å². The highest BCUT2D eigenvalue weighted by atomic mass is 16.6. The summed E-state index contributed by atoms with van der Waals surface area (Å²) >= 11 is 0. The quantitative estimate of drug-likeness (QED) is 0.0620. The van der Waals surface area contributed by atoms with Gasteiger partial charge < -0.3 is 19.3 Å². The van der Waals surface area contributed by atoms with E-state index in [2.05, 4.69) is 27.0 Å². The van der Waals surface area contributed by atoms with E-state index >= 15 is 0 Å². The highest BCUT2D eigenvalue weighted by molar-refractivity contribution is 5.87. The highest BCUT2D eigenvalue weighted by Crippen LogP contribution is 2.21. The Morgan fingerprint density at radius 3 is 1.39 bits per heavy atom. The summed E-state index contributed by atoms with van der Waals surface area (Å²) in [5, 5.41) is 9.99. The Morgan fingerprint density at radius 2 is 1.03 bits per heavy atom. The molecule has 7 nitrogen and oxygen atoms in total. The van der Waals surface area contributed by atoms with Crippen molar-refractivity contribution < 1.29 is 33.7 Å². The maximum absolute atomic E-state index is 12.3. The van der Waals surface area contributed by atoms with E-state index in [4.69, 9.17) is 14.2 Å². The standard InChI is InChI=1S/C31H54O7/c1-25(2)19-17-15-13-11-9-7-8-10-12-14-16-18-20-28(33)36-22-31(21-32,23-37-29(34)26(3)4)24-38-30(35)27(5)6/h25,32H,3,5,7-24H2,1-2,4,6H3. The third-order valence-corrected chi connectivity index (χ3v) is 6.50. The lowest BCUT2D eigenvalue weighted by Gasteiger charge is -2.30. The minimum absolute atomic E-state index is 0.195. The normalized spacial score (nSPS) is 11.3. The van der Waals surface area contributed by atoms with Crippen LogP contribution in [0.4, 0.5) is 0 Å². The van der Waals surface area contributed by atoms with E-state index in [9.17, 15) is 19.5 Å². The molecule has 1 N–H and O–H groups in total. The molecule has 0 aliphatic carbocycles. The van der Waals surface area contributed by atoms with Crippen LogP contribution in [0, 0.1) is 11.3 Å². The third kappa shape index (κ3) is 19.0. The van der Waals surface area contributed by atoms with Crippen molar-refractivity contribution in [1.82, 2.24) is 0 Å². The van der Waals surface area contributed by atoms with Crippen LogP contribution >= 0.6 is 0 Å². The van der Waals surface area contributed by atoms with Crippen LogP contribution in [0.3, 0.4) is 0 Å². The summed E-state index contributed by atoms with van der Waals surface area (Å²) in [7, 11) is 0. The van der Waals surface area contributed by atoms with Gasteiger partial charge in [0, 0.05) is 17.6 Å². The molecule has 0 rings (SSSR count). The lowest BCUT2D eigenvalue weighted by Crippen LogP contribution is -2.42. The van der Waals surface area contributed by atoms with Crippen LogP contribution < -0.4 is 0 Å². The topological polar surface area (TPSA) is 99.1 Å². The molecule has 220 valence electrons. The molecule has 0 saturated carbocycles. The average molecular weight is 539 g/mol. The molecule has 0 fully saturated rings. The Labute approximate surface area is 231 Å². The van der Waals surface area contributed by atoms with E-state index < -0.39 is 29.9 Å². The van der Waals surface area contributed by atoms with Crippen molar-refractivity contribution in [2.24, 2.45) is 11.3 Å². The average Bonchev–Trinajstić information content (AvgIpc) is 2.87. The van der Waals surface area contributed by atoms with Crippen LogP contribution in [0.25, 0.3) is 0 Å². The van der Waals surface area contributed by atoms with Gasteiger partial charge in [-0.05, 0) is 26.2 Å². The lowest BCUT2D eigenvalue weighted by molar-refractivity contribution is -0.162. The number of carbonyl (C=O) groups excluding carboxylic acids is 3. The first-order valence-electron chi connectivity index (χ1n) is 14.4. The molecule has 0 spiro atoms. The van der Waals surface area contributed by atoms with Gasteiger partial charge in [-0.2, -0.15) is 0 Å². The van der Waals surface area contributed by atoms with E-state index in [-0.39, 0.29) is 37.4 Å². The largest absolute Gasteiger partial charge is 0.465 e. The van der Waals surface area contributed by atoms with Gasteiger partial charge in [-0.1, -0.05) is 104 Å². The molecule has 0 aromatic heterocycles. The second-order valence-corrected chi connectivity index (χ2v) is 11.2. The summed E-state index contributed by atoms with van der Waals surface area (Å²) in [5.74, 6) is -0.856. The highest BCUT2D eigenvalue weighted by Gasteiger charge is 2.35. The molecule has 0 aliphatic heterocycles. The number of hydrogen-bond acceptors (Lipinski definition) is 7. The van der Waals surface area contributed by atoms with E-state index in [1.54, 1.807) is 0 Å². The number of rotatable bonds is 24. The van der Waals surface area contributed by atoms with Gasteiger partial charge in [0.1, 0.15) is 19.8 Å². The monoisotopic (exact) mass is 538 g/mol. The zero-order valence-electron chi connectivity index (χ0n) is 24.6. The number of unbranched alkanes of at least 4 members (excludes halogenated alkanes) is 11.